The van der Waals surface area contributed by atoms with Crippen molar-refractivity contribution < 1.29 is 0 Å². The van der Waals surface area contributed by atoms with Crippen LogP contribution in [0.25, 0.3) is 0 Å². The fourth-order valence-electron chi connectivity index (χ4n) is 2.82. The maximum Gasteiger partial charge on any atom is 0.167 e. The van der Waals surface area contributed by atoms with Crippen LogP contribution >= 0.6 is 0 Å². The number of hydrogen-bond donors (Lipinski definition) is 3. The molecule has 0 amide bonds. The zero-order valence-corrected chi connectivity index (χ0v) is 15.0. The summed E-state index contributed by atoms with van der Waals surface area (Å²) in [5.41, 5.74) is 6.12. The molecule has 3 rings (SSSR count). The Morgan fingerprint density at radius 3 is 1.97 bits per heavy atom. The van der Waals surface area contributed by atoms with E-state index in [-0.39, 0.29) is 57.7 Å². The van der Waals surface area contributed by atoms with Crippen LogP contribution in [0.4, 0.5) is 34.1 Å². The van der Waals surface area contributed by atoms with Gasteiger partial charge in [-0.2, -0.15) is 31.6 Å². The van der Waals surface area contributed by atoms with Crippen molar-refractivity contribution in [2.24, 2.45) is 15.0 Å². The Morgan fingerprint density at radius 1 is 0.900 bits per heavy atom. The first-order valence-electron chi connectivity index (χ1n) is 8.16. The Kier molecular flexibility index (Phi) is 4.94. The predicted octanol–water partition coefficient (Wildman–Crippen LogP) is 1.61. The highest BCUT2D eigenvalue weighted by Gasteiger charge is 2.34. The van der Waals surface area contributed by atoms with Gasteiger partial charge < -0.3 is 16.4 Å². The van der Waals surface area contributed by atoms with Gasteiger partial charge in [0.15, 0.2) is 23.5 Å². The van der Waals surface area contributed by atoms with Gasteiger partial charge in [0.1, 0.15) is 41.0 Å². The molecule has 12 nitrogen and oxygen atoms in total. The van der Waals surface area contributed by atoms with E-state index in [1.807, 2.05) is 30.3 Å². The number of nitrogens with zero attached hydrogens (tertiary/aromatic N) is 9. The van der Waals surface area contributed by atoms with E-state index in [0.29, 0.717) is 0 Å². The van der Waals surface area contributed by atoms with E-state index < -0.39 is 12.1 Å². The third-order valence-electron chi connectivity index (χ3n) is 4.16. The summed E-state index contributed by atoms with van der Waals surface area (Å²) in [4.78, 5) is 12.5. The number of aliphatic imine (C=N–C) groups is 3. The molecule has 0 radical (unpaired) electrons. The van der Waals surface area contributed by atoms with Crippen LogP contribution in [0.5, 0.6) is 0 Å². The summed E-state index contributed by atoms with van der Waals surface area (Å²) < 4.78 is 0. The molecule has 12 heteroatoms. The van der Waals surface area contributed by atoms with E-state index in [1.165, 1.54) is 0 Å². The van der Waals surface area contributed by atoms with Crippen LogP contribution in [0.3, 0.4) is 0 Å². The van der Waals surface area contributed by atoms with E-state index in [0.717, 1.165) is 0 Å². The molecule has 0 saturated heterocycles. The molecular formula is C18H8N12. The van der Waals surface area contributed by atoms with Gasteiger partial charge in [-0.25, -0.2) is 15.0 Å². The molecule has 0 fully saturated rings. The lowest BCUT2D eigenvalue weighted by Crippen LogP contribution is -2.32. The Hall–Kier alpha value is -5.43. The van der Waals surface area contributed by atoms with Crippen molar-refractivity contribution in [2.45, 2.75) is 18.5 Å². The molecule has 0 aliphatic carbocycles. The summed E-state index contributed by atoms with van der Waals surface area (Å²) >= 11 is 0. The van der Waals surface area contributed by atoms with Gasteiger partial charge in [0.2, 0.25) is 0 Å². The van der Waals surface area contributed by atoms with Crippen LogP contribution in [0.2, 0.25) is 0 Å². The molecule has 2 unspecified atom stereocenters. The number of nitrogen functional groups attached to an aromatic ring is 1. The summed E-state index contributed by atoms with van der Waals surface area (Å²) in [5, 5.41) is 61.0. The minimum Gasteiger partial charge on any atom is -0.395 e. The molecule has 2 aliphatic rings. The highest BCUT2D eigenvalue weighted by molar-refractivity contribution is 6.19. The number of rotatable bonds is 2. The number of anilines is 3. The quantitative estimate of drug-likeness (QED) is 0.489. The summed E-state index contributed by atoms with van der Waals surface area (Å²) in [6.07, 6.45) is -0.296. The number of nitriles is 6. The lowest BCUT2D eigenvalue weighted by molar-refractivity contribution is 1.11. The molecule has 2 atom stereocenters. The average molecular weight is 392 g/mol. The predicted molar refractivity (Wildman–Crippen MR) is 105 cm³/mol. The molecule has 2 aliphatic heterocycles. The van der Waals surface area contributed by atoms with Crippen LogP contribution in [0.15, 0.2) is 15.0 Å². The normalized spacial score (nSPS) is 18.5. The van der Waals surface area contributed by atoms with Gasteiger partial charge in [0.25, 0.3) is 0 Å². The summed E-state index contributed by atoms with van der Waals surface area (Å²) in [7, 11) is 0. The minimum absolute atomic E-state index is 0.0261. The molecule has 0 bridgehead atoms. The summed E-state index contributed by atoms with van der Waals surface area (Å²) in [6, 6.07) is 8.83. The van der Waals surface area contributed by atoms with Gasteiger partial charge in [0.05, 0.1) is 41.7 Å². The molecule has 0 aromatic heterocycles. The fraction of sp³-hybridized carbons (Fsp3) is 0.167. The molecule has 140 valence electrons. The van der Waals surface area contributed by atoms with Crippen molar-refractivity contribution in [3.05, 3.63) is 0 Å². The highest BCUT2D eigenvalue weighted by Crippen LogP contribution is 2.55. The van der Waals surface area contributed by atoms with Crippen molar-refractivity contribution in [1.29, 1.82) is 31.6 Å². The first-order chi connectivity index (χ1) is 14.5. The summed E-state index contributed by atoms with van der Waals surface area (Å²) in [6.45, 7) is 0. The van der Waals surface area contributed by atoms with Gasteiger partial charge in [-0.05, 0) is 0 Å². The minimum atomic E-state index is -1.10. The second-order valence-corrected chi connectivity index (χ2v) is 5.85. The third kappa shape index (κ3) is 2.96. The van der Waals surface area contributed by atoms with Gasteiger partial charge >= 0.3 is 0 Å². The van der Waals surface area contributed by atoms with Gasteiger partial charge in [-0.3, -0.25) is 0 Å². The van der Waals surface area contributed by atoms with Crippen molar-refractivity contribution in [2.75, 3.05) is 16.4 Å². The molecule has 0 saturated carbocycles. The number of hydrogen-bond acceptors (Lipinski definition) is 12. The molecular weight excluding hydrogens is 384 g/mol. The Morgan fingerprint density at radius 2 is 1.47 bits per heavy atom. The molecule has 30 heavy (non-hydrogen) atoms. The van der Waals surface area contributed by atoms with E-state index in [1.54, 1.807) is 6.07 Å². The van der Waals surface area contributed by atoms with Crippen molar-refractivity contribution in [3.8, 4) is 36.4 Å². The van der Waals surface area contributed by atoms with Crippen LogP contribution in [0.1, 0.15) is 6.42 Å². The molecule has 4 N–H and O–H groups in total. The first kappa shape index (κ1) is 19.3. The second kappa shape index (κ2) is 7.67. The highest BCUT2D eigenvalue weighted by atomic mass is 15.1. The topological polar surface area (TPSA) is 230 Å². The number of nitrogens with two attached hydrogens (primary N) is 1. The van der Waals surface area contributed by atoms with E-state index in [9.17, 15) is 26.3 Å². The molecule has 1 aromatic rings. The van der Waals surface area contributed by atoms with E-state index >= 15 is 0 Å². The van der Waals surface area contributed by atoms with Crippen LogP contribution < -0.4 is 16.4 Å². The van der Waals surface area contributed by atoms with Crippen LogP contribution in [-0.4, -0.2) is 29.2 Å². The fourth-order valence-corrected chi connectivity index (χ4v) is 2.82. The largest absolute Gasteiger partial charge is 0.395 e. The van der Waals surface area contributed by atoms with Gasteiger partial charge in [0, 0.05) is 0 Å². The summed E-state index contributed by atoms with van der Waals surface area (Å²) in [5.74, 6) is 0. The number of benzene rings is 1. The van der Waals surface area contributed by atoms with Crippen molar-refractivity contribution in [1.82, 2.24) is 0 Å². The van der Waals surface area contributed by atoms with Gasteiger partial charge in [-0.15, -0.1) is 0 Å². The zero-order valence-electron chi connectivity index (χ0n) is 15.0. The molecule has 2 heterocycles. The first-order valence-corrected chi connectivity index (χ1v) is 8.16. The Balaban J connectivity index is 2.43. The average Bonchev–Trinajstić information content (AvgIpc) is 2.79. The standard InChI is InChI=1S/C18H8N12/c19-2-1-8(3-20)26-14-13(25)15-17(29-10(5-22)9(4-21)27-15)18-16(14)28-11(6-23)12(7-24)30-18/h9,12,27,30H,1,25H2. The van der Waals surface area contributed by atoms with Crippen LogP contribution in [-0.2, 0) is 0 Å². The number of nitrogens with one attached hydrogen (secondary N) is 2. The lowest BCUT2D eigenvalue weighted by atomic mass is 10.0. The Bertz CT molecular complexity index is 1300. The van der Waals surface area contributed by atoms with E-state index in [2.05, 4.69) is 25.6 Å². The maximum absolute atomic E-state index is 9.36. The molecule has 0 spiro atoms. The zero-order chi connectivity index (χ0) is 21.8. The van der Waals surface area contributed by atoms with Gasteiger partial charge in [-0.1, -0.05) is 0 Å². The van der Waals surface area contributed by atoms with Crippen molar-refractivity contribution >= 4 is 51.3 Å². The number of fused-ring (bicyclic) bond motifs is 3. The smallest absolute Gasteiger partial charge is 0.167 e. The Labute approximate surface area is 169 Å². The monoisotopic (exact) mass is 392 g/mol. The second-order valence-electron chi connectivity index (χ2n) is 5.85. The third-order valence-corrected chi connectivity index (χ3v) is 4.16. The van der Waals surface area contributed by atoms with Crippen molar-refractivity contribution in [3.63, 3.8) is 0 Å². The van der Waals surface area contributed by atoms with E-state index in [4.69, 9.17) is 11.0 Å². The SMILES string of the molecule is N#CCC(C#N)=Nc1c(N)c2c(c3c1N=C(C#N)C(C#N)N3)N=C(C#N)C(C#N)N2. The molecule has 1 aromatic carbocycles. The lowest BCUT2D eigenvalue weighted by Gasteiger charge is -2.28. The maximum atomic E-state index is 9.36. The van der Waals surface area contributed by atoms with Crippen LogP contribution in [0, 0.1) is 68.0 Å².